The first-order chi connectivity index (χ1) is 6.70. The predicted molar refractivity (Wildman–Crippen MR) is 54.4 cm³/mol. The van der Waals surface area contributed by atoms with Crippen LogP contribution in [0, 0.1) is 0 Å². The van der Waals surface area contributed by atoms with Gasteiger partial charge in [0.2, 0.25) is 10.0 Å². The highest BCUT2D eigenvalue weighted by molar-refractivity contribution is 7.89. The molecule has 14 heavy (non-hydrogen) atoms. The minimum absolute atomic E-state index is 0.0416. The van der Waals surface area contributed by atoms with Gasteiger partial charge in [0.25, 0.3) is 0 Å². The van der Waals surface area contributed by atoms with Crippen LogP contribution in [0.25, 0.3) is 0 Å². The summed E-state index contributed by atoms with van der Waals surface area (Å²) < 4.78 is 25.3. The highest BCUT2D eigenvalue weighted by Gasteiger charge is 2.32. The van der Waals surface area contributed by atoms with Crippen molar-refractivity contribution in [3.63, 3.8) is 0 Å². The molecule has 0 saturated carbocycles. The second-order valence-electron chi connectivity index (χ2n) is 3.79. The monoisotopic (exact) mass is 219 g/mol. The summed E-state index contributed by atoms with van der Waals surface area (Å²) in [5.74, 6) is 0.227. The molecule has 2 rings (SSSR count). The molecule has 5 nitrogen and oxygen atoms in total. The quantitative estimate of drug-likeness (QED) is 0.589. The van der Waals surface area contributed by atoms with Gasteiger partial charge in [-0.2, -0.15) is 4.31 Å². The van der Waals surface area contributed by atoms with Gasteiger partial charge in [0.1, 0.15) is 0 Å². The van der Waals surface area contributed by atoms with Crippen molar-refractivity contribution in [2.45, 2.75) is 19.0 Å². The van der Waals surface area contributed by atoms with Gasteiger partial charge in [-0.3, -0.25) is 0 Å². The molecule has 2 fully saturated rings. The Morgan fingerprint density at radius 3 is 2.79 bits per heavy atom. The average molecular weight is 219 g/mol. The van der Waals surface area contributed by atoms with Crippen LogP contribution >= 0.6 is 0 Å². The van der Waals surface area contributed by atoms with E-state index in [0.29, 0.717) is 13.1 Å². The summed E-state index contributed by atoms with van der Waals surface area (Å²) in [5.41, 5.74) is 0. The Morgan fingerprint density at radius 2 is 2.07 bits per heavy atom. The molecule has 0 aromatic rings. The van der Waals surface area contributed by atoms with E-state index in [0.717, 1.165) is 25.9 Å². The molecule has 0 bridgehead atoms. The van der Waals surface area contributed by atoms with Crippen molar-refractivity contribution in [2.24, 2.45) is 0 Å². The Labute approximate surface area is 84.9 Å². The standard InChI is InChI=1S/C8H17N3O2S/c12-14(13)7-5-9-4-6-11(14)8-2-1-3-10-8/h8-10H,1-7H2. The fraction of sp³-hybridized carbons (Fsp3) is 1.00. The fourth-order valence-electron chi connectivity index (χ4n) is 2.03. The Hall–Kier alpha value is -0.170. The third kappa shape index (κ3) is 2.08. The number of rotatable bonds is 1. The van der Waals surface area contributed by atoms with E-state index < -0.39 is 10.0 Å². The van der Waals surface area contributed by atoms with Crippen LogP contribution in [0.1, 0.15) is 12.8 Å². The van der Waals surface area contributed by atoms with Crippen molar-refractivity contribution < 1.29 is 8.42 Å². The SMILES string of the molecule is O=S1(=O)CCNCCN1C1CCCN1. The minimum atomic E-state index is -3.04. The number of hydrogen-bond acceptors (Lipinski definition) is 4. The van der Waals surface area contributed by atoms with Crippen molar-refractivity contribution >= 4 is 10.0 Å². The van der Waals surface area contributed by atoms with E-state index >= 15 is 0 Å². The van der Waals surface area contributed by atoms with Crippen LogP contribution in [0.3, 0.4) is 0 Å². The second kappa shape index (κ2) is 4.14. The lowest BCUT2D eigenvalue weighted by Crippen LogP contribution is -2.46. The number of hydrogen-bond donors (Lipinski definition) is 2. The zero-order chi connectivity index (χ0) is 10.0. The van der Waals surface area contributed by atoms with Crippen LogP contribution in [0.4, 0.5) is 0 Å². The van der Waals surface area contributed by atoms with Gasteiger partial charge in [0.05, 0.1) is 11.9 Å². The summed E-state index contributed by atoms with van der Waals surface area (Å²) in [6, 6.07) is 0. The van der Waals surface area contributed by atoms with Gasteiger partial charge in [-0.15, -0.1) is 0 Å². The van der Waals surface area contributed by atoms with E-state index in [1.165, 1.54) is 0 Å². The second-order valence-corrected chi connectivity index (χ2v) is 5.83. The van der Waals surface area contributed by atoms with Crippen molar-refractivity contribution in [3.8, 4) is 0 Å². The molecule has 0 aromatic carbocycles. The first-order valence-electron chi connectivity index (χ1n) is 5.14. The van der Waals surface area contributed by atoms with Crippen molar-refractivity contribution in [1.29, 1.82) is 0 Å². The van der Waals surface area contributed by atoms with E-state index in [1.807, 2.05) is 0 Å². The maximum absolute atomic E-state index is 11.8. The smallest absolute Gasteiger partial charge is 0.216 e. The molecule has 1 unspecified atom stereocenters. The molecule has 2 heterocycles. The van der Waals surface area contributed by atoms with Crippen molar-refractivity contribution in [1.82, 2.24) is 14.9 Å². The summed E-state index contributed by atoms with van der Waals surface area (Å²) in [6.07, 6.45) is 2.06. The minimum Gasteiger partial charge on any atom is -0.314 e. The molecule has 0 aliphatic carbocycles. The molecule has 6 heteroatoms. The molecule has 0 amide bonds. The summed E-state index contributed by atoms with van der Waals surface area (Å²) in [7, 11) is -3.04. The van der Waals surface area contributed by atoms with E-state index in [-0.39, 0.29) is 11.9 Å². The first kappa shape index (κ1) is 10.4. The molecular weight excluding hydrogens is 202 g/mol. The van der Waals surface area contributed by atoms with Gasteiger partial charge in [-0.25, -0.2) is 8.42 Å². The third-order valence-electron chi connectivity index (χ3n) is 2.78. The third-order valence-corrected chi connectivity index (χ3v) is 4.66. The normalized spacial score (nSPS) is 34.1. The molecule has 0 radical (unpaired) electrons. The lowest BCUT2D eigenvalue weighted by Gasteiger charge is -2.25. The molecule has 0 spiro atoms. The van der Waals surface area contributed by atoms with Gasteiger partial charge in [0, 0.05) is 19.6 Å². The van der Waals surface area contributed by atoms with Gasteiger partial charge in [-0.05, 0) is 19.4 Å². The van der Waals surface area contributed by atoms with E-state index in [9.17, 15) is 8.42 Å². The van der Waals surface area contributed by atoms with E-state index in [4.69, 9.17) is 0 Å². The van der Waals surface area contributed by atoms with Crippen LogP contribution < -0.4 is 10.6 Å². The van der Waals surface area contributed by atoms with Gasteiger partial charge in [-0.1, -0.05) is 0 Å². The Morgan fingerprint density at radius 1 is 1.21 bits per heavy atom. The highest BCUT2D eigenvalue weighted by Crippen LogP contribution is 2.15. The molecule has 82 valence electrons. The van der Waals surface area contributed by atoms with Crippen LogP contribution in [-0.4, -0.2) is 50.8 Å². The average Bonchev–Trinajstić information content (AvgIpc) is 2.57. The Balaban J connectivity index is 2.12. The van der Waals surface area contributed by atoms with E-state index in [1.54, 1.807) is 4.31 Å². The summed E-state index contributed by atoms with van der Waals surface area (Å²) >= 11 is 0. The molecule has 0 aromatic heterocycles. The largest absolute Gasteiger partial charge is 0.314 e. The van der Waals surface area contributed by atoms with Gasteiger partial charge in [0.15, 0.2) is 0 Å². The van der Waals surface area contributed by atoms with Crippen LogP contribution in [0.2, 0.25) is 0 Å². The molecule has 2 N–H and O–H groups in total. The highest BCUT2D eigenvalue weighted by atomic mass is 32.2. The zero-order valence-electron chi connectivity index (χ0n) is 8.20. The lowest BCUT2D eigenvalue weighted by molar-refractivity contribution is 0.306. The molecule has 2 saturated heterocycles. The first-order valence-corrected chi connectivity index (χ1v) is 6.75. The molecular formula is C8H17N3O2S. The molecule has 2 aliphatic heterocycles. The van der Waals surface area contributed by atoms with Gasteiger partial charge < -0.3 is 10.6 Å². The predicted octanol–water partition coefficient (Wildman–Crippen LogP) is -1.07. The van der Waals surface area contributed by atoms with E-state index in [2.05, 4.69) is 10.6 Å². The lowest BCUT2D eigenvalue weighted by atomic mass is 10.3. The maximum Gasteiger partial charge on any atom is 0.216 e. The van der Waals surface area contributed by atoms with Gasteiger partial charge >= 0.3 is 0 Å². The number of nitrogens with one attached hydrogen (secondary N) is 2. The van der Waals surface area contributed by atoms with Crippen LogP contribution in [0.15, 0.2) is 0 Å². The Kier molecular flexibility index (Phi) is 3.06. The van der Waals surface area contributed by atoms with Crippen molar-refractivity contribution in [3.05, 3.63) is 0 Å². The summed E-state index contributed by atoms with van der Waals surface area (Å²) in [6.45, 7) is 2.87. The molecule has 2 aliphatic rings. The van der Waals surface area contributed by atoms with Crippen LogP contribution in [-0.2, 0) is 10.0 Å². The number of nitrogens with zero attached hydrogens (tertiary/aromatic N) is 1. The number of sulfonamides is 1. The topological polar surface area (TPSA) is 61.4 Å². The van der Waals surface area contributed by atoms with Crippen molar-refractivity contribution in [2.75, 3.05) is 31.9 Å². The summed E-state index contributed by atoms with van der Waals surface area (Å²) in [4.78, 5) is 0. The molecule has 1 atom stereocenters. The zero-order valence-corrected chi connectivity index (χ0v) is 9.02. The maximum atomic E-state index is 11.8. The van der Waals surface area contributed by atoms with Crippen LogP contribution in [0.5, 0.6) is 0 Å². The summed E-state index contributed by atoms with van der Waals surface area (Å²) in [5, 5.41) is 6.34. The Bertz CT molecular complexity index is 285. The fourth-order valence-corrected chi connectivity index (χ4v) is 3.61.